The summed E-state index contributed by atoms with van der Waals surface area (Å²) >= 11 is 0. The Bertz CT molecular complexity index is 394. The zero-order valence-corrected chi connectivity index (χ0v) is 11.0. The molecule has 1 aromatic rings. The molecule has 0 saturated heterocycles. The first-order valence-corrected chi connectivity index (χ1v) is 6.80. The maximum Gasteiger partial charge on any atom is 0.0531 e. The summed E-state index contributed by atoms with van der Waals surface area (Å²) in [6.07, 6.45) is 11.1. The van der Waals surface area contributed by atoms with E-state index in [1.165, 1.54) is 43.4 Å². The molecule has 0 aliphatic carbocycles. The number of benzene rings is 1. The van der Waals surface area contributed by atoms with Gasteiger partial charge in [-0.1, -0.05) is 63.0 Å². The Hall–Kier alpha value is -1.24. The SMILES string of the molecule is CCCCCCC1(C)C=Cc2ccccc2N1. The molecule has 2 rings (SSSR count). The van der Waals surface area contributed by atoms with Gasteiger partial charge in [0.05, 0.1) is 5.54 Å². The average Bonchev–Trinajstić information content (AvgIpc) is 2.35. The lowest BCUT2D eigenvalue weighted by atomic mass is 9.89. The van der Waals surface area contributed by atoms with Crippen molar-refractivity contribution in [3.8, 4) is 0 Å². The zero-order chi connectivity index (χ0) is 12.1. The highest BCUT2D eigenvalue weighted by Crippen LogP contribution is 2.31. The lowest BCUT2D eigenvalue weighted by molar-refractivity contribution is 0.519. The summed E-state index contributed by atoms with van der Waals surface area (Å²) < 4.78 is 0. The van der Waals surface area contributed by atoms with Crippen LogP contribution < -0.4 is 5.32 Å². The fraction of sp³-hybridized carbons (Fsp3) is 0.500. The van der Waals surface area contributed by atoms with Crippen LogP contribution in [0.5, 0.6) is 0 Å². The first-order valence-electron chi connectivity index (χ1n) is 6.80. The van der Waals surface area contributed by atoms with E-state index in [1.54, 1.807) is 0 Å². The molecule has 0 radical (unpaired) electrons. The van der Waals surface area contributed by atoms with Gasteiger partial charge in [0.2, 0.25) is 0 Å². The number of fused-ring (bicyclic) bond motifs is 1. The van der Waals surface area contributed by atoms with Crippen molar-refractivity contribution in [2.45, 2.75) is 51.5 Å². The molecule has 1 nitrogen and oxygen atoms in total. The average molecular weight is 229 g/mol. The second-order valence-corrected chi connectivity index (χ2v) is 5.27. The Morgan fingerprint density at radius 2 is 1.94 bits per heavy atom. The van der Waals surface area contributed by atoms with Crippen LogP contribution in [0.1, 0.15) is 51.5 Å². The van der Waals surface area contributed by atoms with Crippen molar-refractivity contribution in [2.24, 2.45) is 0 Å². The van der Waals surface area contributed by atoms with Crippen molar-refractivity contribution < 1.29 is 0 Å². The van der Waals surface area contributed by atoms with Crippen LogP contribution in [0, 0.1) is 0 Å². The fourth-order valence-electron chi connectivity index (χ4n) is 2.44. The van der Waals surface area contributed by atoms with Crippen molar-refractivity contribution in [1.29, 1.82) is 0 Å². The second-order valence-electron chi connectivity index (χ2n) is 5.27. The van der Waals surface area contributed by atoms with E-state index in [0.717, 1.165) is 0 Å². The van der Waals surface area contributed by atoms with Crippen molar-refractivity contribution in [2.75, 3.05) is 5.32 Å². The van der Waals surface area contributed by atoms with Crippen LogP contribution in [0.4, 0.5) is 5.69 Å². The van der Waals surface area contributed by atoms with E-state index in [2.05, 4.69) is 55.6 Å². The standard InChI is InChI=1S/C16H23N/c1-3-4-5-8-12-16(2)13-11-14-9-6-7-10-15(14)17-16/h6-7,9-11,13,17H,3-5,8,12H2,1-2H3. The molecule has 0 saturated carbocycles. The summed E-state index contributed by atoms with van der Waals surface area (Å²) in [5.74, 6) is 0. The van der Waals surface area contributed by atoms with E-state index >= 15 is 0 Å². The molecule has 1 unspecified atom stereocenters. The molecule has 0 fully saturated rings. The van der Waals surface area contributed by atoms with E-state index < -0.39 is 0 Å². The Kier molecular flexibility index (Phi) is 3.88. The number of nitrogens with one attached hydrogen (secondary N) is 1. The minimum atomic E-state index is 0.141. The molecule has 1 atom stereocenters. The number of para-hydroxylation sites is 1. The summed E-state index contributed by atoms with van der Waals surface area (Å²) in [4.78, 5) is 0. The molecule has 0 amide bonds. The van der Waals surface area contributed by atoms with E-state index in [0.29, 0.717) is 0 Å². The molecule has 1 heterocycles. The van der Waals surface area contributed by atoms with Gasteiger partial charge in [-0.05, 0) is 25.0 Å². The van der Waals surface area contributed by atoms with Crippen molar-refractivity contribution in [3.05, 3.63) is 35.9 Å². The van der Waals surface area contributed by atoms with Gasteiger partial charge in [-0.15, -0.1) is 0 Å². The third kappa shape index (κ3) is 3.12. The van der Waals surface area contributed by atoms with Gasteiger partial charge in [0.25, 0.3) is 0 Å². The Balaban J connectivity index is 1.96. The van der Waals surface area contributed by atoms with Gasteiger partial charge in [-0.25, -0.2) is 0 Å². The number of unbranched alkanes of at least 4 members (excludes halogenated alkanes) is 3. The highest BCUT2D eigenvalue weighted by Gasteiger charge is 2.23. The monoisotopic (exact) mass is 229 g/mol. The van der Waals surface area contributed by atoms with E-state index in [1.807, 2.05) is 0 Å². The molecular weight excluding hydrogens is 206 g/mol. The normalized spacial score (nSPS) is 22.0. The first kappa shape index (κ1) is 12.2. The number of rotatable bonds is 5. The minimum Gasteiger partial charge on any atom is -0.376 e. The van der Waals surface area contributed by atoms with Crippen LogP contribution in [-0.4, -0.2) is 5.54 Å². The van der Waals surface area contributed by atoms with Crippen LogP contribution in [0.15, 0.2) is 30.3 Å². The summed E-state index contributed by atoms with van der Waals surface area (Å²) in [6, 6.07) is 8.52. The largest absolute Gasteiger partial charge is 0.376 e. The molecule has 92 valence electrons. The van der Waals surface area contributed by atoms with Gasteiger partial charge >= 0.3 is 0 Å². The molecule has 1 heteroatoms. The van der Waals surface area contributed by atoms with Crippen LogP contribution in [0.2, 0.25) is 0 Å². The minimum absolute atomic E-state index is 0.141. The summed E-state index contributed by atoms with van der Waals surface area (Å²) in [5, 5.41) is 3.66. The van der Waals surface area contributed by atoms with Gasteiger partial charge in [0.15, 0.2) is 0 Å². The van der Waals surface area contributed by atoms with Gasteiger partial charge in [0, 0.05) is 5.69 Å². The van der Waals surface area contributed by atoms with Crippen LogP contribution in [0.3, 0.4) is 0 Å². The fourth-order valence-corrected chi connectivity index (χ4v) is 2.44. The Morgan fingerprint density at radius 1 is 1.12 bits per heavy atom. The van der Waals surface area contributed by atoms with Crippen molar-refractivity contribution in [3.63, 3.8) is 0 Å². The van der Waals surface area contributed by atoms with Crippen LogP contribution in [-0.2, 0) is 0 Å². The van der Waals surface area contributed by atoms with E-state index in [9.17, 15) is 0 Å². The Morgan fingerprint density at radius 3 is 2.76 bits per heavy atom. The summed E-state index contributed by atoms with van der Waals surface area (Å²) in [7, 11) is 0. The van der Waals surface area contributed by atoms with Gasteiger partial charge in [-0.3, -0.25) is 0 Å². The maximum atomic E-state index is 3.66. The molecule has 17 heavy (non-hydrogen) atoms. The lowest BCUT2D eigenvalue weighted by Crippen LogP contribution is -2.34. The van der Waals surface area contributed by atoms with Gasteiger partial charge in [-0.2, -0.15) is 0 Å². The Labute approximate surface area is 105 Å². The molecule has 1 aromatic carbocycles. The van der Waals surface area contributed by atoms with E-state index in [-0.39, 0.29) is 5.54 Å². The highest BCUT2D eigenvalue weighted by molar-refractivity contribution is 5.72. The van der Waals surface area contributed by atoms with Gasteiger partial charge < -0.3 is 5.32 Å². The molecule has 1 aliphatic heterocycles. The highest BCUT2D eigenvalue weighted by atomic mass is 15.0. The topological polar surface area (TPSA) is 12.0 Å². The quantitative estimate of drug-likeness (QED) is 0.711. The number of hydrogen-bond donors (Lipinski definition) is 1. The zero-order valence-electron chi connectivity index (χ0n) is 11.0. The molecule has 1 N–H and O–H groups in total. The predicted molar refractivity (Wildman–Crippen MR) is 76.3 cm³/mol. The summed E-state index contributed by atoms with van der Waals surface area (Å²) in [5.41, 5.74) is 2.72. The maximum absolute atomic E-state index is 3.66. The summed E-state index contributed by atoms with van der Waals surface area (Å²) in [6.45, 7) is 4.56. The van der Waals surface area contributed by atoms with Crippen LogP contribution in [0.25, 0.3) is 6.08 Å². The second kappa shape index (κ2) is 5.39. The predicted octanol–water partition coefficient (Wildman–Crippen LogP) is 4.85. The number of hydrogen-bond acceptors (Lipinski definition) is 1. The molecule has 0 aromatic heterocycles. The molecule has 0 bridgehead atoms. The molecule has 1 aliphatic rings. The third-order valence-electron chi connectivity index (χ3n) is 3.56. The van der Waals surface area contributed by atoms with Crippen molar-refractivity contribution >= 4 is 11.8 Å². The first-order chi connectivity index (χ1) is 8.23. The number of anilines is 1. The van der Waals surface area contributed by atoms with Gasteiger partial charge in [0.1, 0.15) is 0 Å². The molecular formula is C16H23N. The molecule has 0 spiro atoms. The lowest BCUT2D eigenvalue weighted by Gasteiger charge is -2.33. The van der Waals surface area contributed by atoms with E-state index in [4.69, 9.17) is 0 Å². The third-order valence-corrected chi connectivity index (χ3v) is 3.56. The smallest absolute Gasteiger partial charge is 0.0531 e. The van der Waals surface area contributed by atoms with Crippen molar-refractivity contribution in [1.82, 2.24) is 0 Å². The van der Waals surface area contributed by atoms with Crippen LogP contribution >= 0.6 is 0 Å².